The van der Waals surface area contributed by atoms with Crippen molar-refractivity contribution in [2.75, 3.05) is 0 Å². The number of halogens is 2. The topological polar surface area (TPSA) is 20.2 Å². The Morgan fingerprint density at radius 3 is 2.25 bits per heavy atom. The van der Waals surface area contributed by atoms with E-state index in [9.17, 15) is 5.11 Å². The van der Waals surface area contributed by atoms with Crippen LogP contribution in [-0.4, -0.2) is 5.11 Å². The summed E-state index contributed by atoms with van der Waals surface area (Å²) in [5.41, 5.74) is 0. The minimum Gasteiger partial charge on any atom is -0.508 e. The molecule has 0 spiro atoms. The van der Waals surface area contributed by atoms with Gasteiger partial charge in [0.2, 0.25) is 0 Å². The Labute approximate surface area is 117 Å². The van der Waals surface area contributed by atoms with Crippen molar-refractivity contribution in [2.45, 2.75) is 9.79 Å². The number of hydrogen-bond donors (Lipinski definition) is 1. The van der Waals surface area contributed by atoms with Crippen LogP contribution >= 0.6 is 46.0 Å². The van der Waals surface area contributed by atoms with Crippen molar-refractivity contribution >= 4 is 46.0 Å². The van der Waals surface area contributed by atoms with Crippen LogP contribution in [0.5, 0.6) is 5.75 Å². The van der Waals surface area contributed by atoms with E-state index in [-0.39, 0.29) is 5.75 Å². The lowest BCUT2D eigenvalue weighted by Crippen LogP contribution is -1.77. The van der Waals surface area contributed by atoms with Crippen LogP contribution in [0.1, 0.15) is 0 Å². The van der Waals surface area contributed by atoms with Gasteiger partial charge in [0, 0.05) is 13.4 Å². The average Bonchev–Trinajstić information content (AvgIpc) is 2.27. The van der Waals surface area contributed by atoms with Gasteiger partial charge in [0.15, 0.2) is 0 Å². The van der Waals surface area contributed by atoms with Crippen molar-refractivity contribution in [2.24, 2.45) is 0 Å². The van der Waals surface area contributed by atoms with Crippen LogP contribution in [0.2, 0.25) is 5.02 Å². The van der Waals surface area contributed by atoms with Crippen molar-refractivity contribution in [1.29, 1.82) is 0 Å². The second-order valence-corrected chi connectivity index (χ2v) is 5.89. The molecule has 1 N–H and O–H groups in total. The molecule has 0 saturated carbocycles. The number of rotatable bonds is 2. The number of hydrogen-bond acceptors (Lipinski definition) is 2. The monoisotopic (exact) mass is 362 g/mol. The molecule has 2 aromatic carbocycles. The fourth-order valence-corrected chi connectivity index (χ4v) is 2.63. The predicted octanol–water partition coefficient (Wildman–Crippen LogP) is 4.80. The fourth-order valence-electron chi connectivity index (χ4n) is 1.19. The van der Waals surface area contributed by atoms with Gasteiger partial charge in [-0.1, -0.05) is 23.4 Å². The third-order valence-electron chi connectivity index (χ3n) is 1.96. The van der Waals surface area contributed by atoms with E-state index in [1.54, 1.807) is 23.9 Å². The molecule has 0 unspecified atom stereocenters. The molecule has 0 heterocycles. The molecular weight excluding hydrogens is 355 g/mol. The first-order chi connectivity index (χ1) is 7.65. The van der Waals surface area contributed by atoms with E-state index in [1.807, 2.05) is 30.3 Å². The third-order valence-corrected chi connectivity index (χ3v) is 4.53. The van der Waals surface area contributed by atoms with E-state index in [1.165, 1.54) is 0 Å². The molecule has 0 radical (unpaired) electrons. The highest BCUT2D eigenvalue weighted by Gasteiger charge is 2.01. The second-order valence-electron chi connectivity index (χ2n) is 3.17. The molecule has 2 rings (SSSR count). The molecule has 0 atom stereocenters. The van der Waals surface area contributed by atoms with Crippen molar-refractivity contribution in [1.82, 2.24) is 0 Å². The minimum absolute atomic E-state index is 0.282. The number of benzene rings is 2. The SMILES string of the molecule is Oc1ccc(Sc2ccc(I)c(Cl)c2)cc1. The zero-order chi connectivity index (χ0) is 11.5. The number of phenolic OH excluding ortho intramolecular Hbond substituents is 1. The summed E-state index contributed by atoms with van der Waals surface area (Å²) >= 11 is 9.87. The van der Waals surface area contributed by atoms with Gasteiger partial charge in [-0.15, -0.1) is 0 Å². The smallest absolute Gasteiger partial charge is 0.115 e. The van der Waals surface area contributed by atoms with E-state index in [2.05, 4.69) is 22.6 Å². The minimum atomic E-state index is 0.282. The maximum Gasteiger partial charge on any atom is 0.115 e. The highest BCUT2D eigenvalue weighted by Crippen LogP contribution is 2.31. The van der Waals surface area contributed by atoms with Crippen LogP contribution in [0.4, 0.5) is 0 Å². The van der Waals surface area contributed by atoms with Crippen molar-refractivity contribution in [3.05, 3.63) is 51.1 Å². The van der Waals surface area contributed by atoms with Gasteiger partial charge in [-0.05, 0) is 65.1 Å². The Balaban J connectivity index is 2.20. The number of aromatic hydroxyl groups is 1. The van der Waals surface area contributed by atoms with Crippen LogP contribution in [0.25, 0.3) is 0 Å². The zero-order valence-corrected chi connectivity index (χ0v) is 11.9. The van der Waals surface area contributed by atoms with Crippen molar-refractivity contribution < 1.29 is 5.11 Å². The van der Waals surface area contributed by atoms with Gasteiger partial charge in [-0.3, -0.25) is 0 Å². The van der Waals surface area contributed by atoms with E-state index < -0.39 is 0 Å². The maximum atomic E-state index is 9.17. The Morgan fingerprint density at radius 2 is 1.62 bits per heavy atom. The van der Waals surface area contributed by atoms with Crippen LogP contribution in [0.3, 0.4) is 0 Å². The lowest BCUT2D eigenvalue weighted by molar-refractivity contribution is 0.475. The summed E-state index contributed by atoms with van der Waals surface area (Å²) in [6.45, 7) is 0. The van der Waals surface area contributed by atoms with Gasteiger partial charge in [-0.25, -0.2) is 0 Å². The molecule has 0 amide bonds. The zero-order valence-electron chi connectivity index (χ0n) is 8.15. The predicted molar refractivity (Wildman–Crippen MR) is 76.4 cm³/mol. The fraction of sp³-hybridized carbons (Fsp3) is 0. The van der Waals surface area contributed by atoms with Crippen LogP contribution in [0, 0.1) is 3.57 Å². The normalized spacial score (nSPS) is 10.4. The van der Waals surface area contributed by atoms with Crippen LogP contribution in [-0.2, 0) is 0 Å². The molecule has 0 fully saturated rings. The largest absolute Gasteiger partial charge is 0.508 e. The number of phenols is 1. The highest BCUT2D eigenvalue weighted by molar-refractivity contribution is 14.1. The standard InChI is InChI=1S/C12H8ClIOS/c13-11-7-10(5-6-12(11)14)16-9-3-1-8(15)2-4-9/h1-7,15H. The quantitative estimate of drug-likeness (QED) is 0.774. The molecule has 0 aromatic heterocycles. The lowest BCUT2D eigenvalue weighted by atomic mass is 10.3. The van der Waals surface area contributed by atoms with Gasteiger partial charge in [0.05, 0.1) is 5.02 Å². The summed E-state index contributed by atoms with van der Waals surface area (Å²) in [7, 11) is 0. The van der Waals surface area contributed by atoms with Crippen LogP contribution < -0.4 is 0 Å². The molecule has 82 valence electrons. The molecule has 0 aliphatic carbocycles. The Hall–Kier alpha value is -0.390. The van der Waals surface area contributed by atoms with Crippen LogP contribution in [0.15, 0.2) is 52.3 Å². The van der Waals surface area contributed by atoms with Gasteiger partial charge in [0.25, 0.3) is 0 Å². The summed E-state index contributed by atoms with van der Waals surface area (Å²) in [6, 6.07) is 13.1. The van der Waals surface area contributed by atoms with E-state index in [4.69, 9.17) is 11.6 Å². The summed E-state index contributed by atoms with van der Waals surface area (Å²) < 4.78 is 1.05. The Bertz CT molecular complexity index is 499. The average molecular weight is 363 g/mol. The van der Waals surface area contributed by atoms with Crippen molar-refractivity contribution in [3.63, 3.8) is 0 Å². The Morgan fingerprint density at radius 1 is 1.00 bits per heavy atom. The van der Waals surface area contributed by atoms with Crippen molar-refractivity contribution in [3.8, 4) is 5.75 Å². The lowest BCUT2D eigenvalue weighted by Gasteiger charge is -2.03. The first-order valence-electron chi connectivity index (χ1n) is 4.57. The molecule has 4 heteroatoms. The summed E-state index contributed by atoms with van der Waals surface area (Å²) in [4.78, 5) is 2.17. The van der Waals surface area contributed by atoms with Gasteiger partial charge in [-0.2, -0.15) is 0 Å². The first-order valence-corrected chi connectivity index (χ1v) is 6.84. The maximum absolute atomic E-state index is 9.17. The molecular formula is C12H8ClIOS. The first kappa shape index (κ1) is 12.1. The molecule has 0 bridgehead atoms. The Kier molecular flexibility index (Phi) is 4.00. The summed E-state index contributed by atoms with van der Waals surface area (Å²) in [5.74, 6) is 0.282. The molecule has 0 aliphatic heterocycles. The molecule has 16 heavy (non-hydrogen) atoms. The van der Waals surface area contributed by atoms with Gasteiger partial charge < -0.3 is 5.11 Å². The molecule has 2 aromatic rings. The summed E-state index contributed by atoms with van der Waals surface area (Å²) in [6.07, 6.45) is 0. The van der Waals surface area contributed by atoms with E-state index in [0.717, 1.165) is 18.4 Å². The third kappa shape index (κ3) is 3.06. The second kappa shape index (κ2) is 5.29. The van der Waals surface area contributed by atoms with Gasteiger partial charge in [0.1, 0.15) is 5.75 Å². The molecule has 0 saturated heterocycles. The summed E-state index contributed by atoms with van der Waals surface area (Å²) in [5, 5.41) is 9.94. The molecule has 0 aliphatic rings. The molecule has 1 nitrogen and oxygen atoms in total. The van der Waals surface area contributed by atoms with Gasteiger partial charge >= 0.3 is 0 Å². The van der Waals surface area contributed by atoms with E-state index >= 15 is 0 Å². The highest BCUT2D eigenvalue weighted by atomic mass is 127. The van der Waals surface area contributed by atoms with E-state index in [0.29, 0.717) is 0 Å².